The number of nitrogens with zero attached hydrogens (tertiary/aromatic N) is 1. The largest absolute Gasteiger partial charge is 0.372 e. The van der Waals surface area contributed by atoms with Crippen LogP contribution in [0.5, 0.6) is 0 Å². The summed E-state index contributed by atoms with van der Waals surface area (Å²) < 4.78 is 5.03. The lowest BCUT2D eigenvalue weighted by atomic mass is 10.3. The summed E-state index contributed by atoms with van der Waals surface area (Å²) in [5.74, 6) is 0. The van der Waals surface area contributed by atoms with E-state index in [-0.39, 0.29) is 0 Å². The highest BCUT2D eigenvalue weighted by molar-refractivity contribution is 8.59. The molecule has 0 bridgehead atoms. The predicted molar refractivity (Wildman–Crippen MR) is 71.2 cm³/mol. The Kier molecular flexibility index (Phi) is 5.09. The minimum atomic E-state index is -2.81. The summed E-state index contributed by atoms with van der Waals surface area (Å²) in [7, 11) is 1.96. The lowest BCUT2D eigenvalue weighted by Gasteiger charge is -2.19. The van der Waals surface area contributed by atoms with Gasteiger partial charge in [-0.25, -0.2) is 0 Å². The zero-order valence-corrected chi connectivity index (χ0v) is 11.0. The average Bonchev–Trinajstić information content (AvgIpc) is 2.17. The van der Waals surface area contributed by atoms with Crippen LogP contribution < -0.4 is 4.90 Å². The zero-order chi connectivity index (χ0) is 11.3. The maximum Gasteiger partial charge on any atom is 0.241 e. The lowest BCUT2D eigenvalue weighted by Crippen LogP contribution is -2.21. The molecular formula is C9H14NO2PS2. The number of hydrogen-bond acceptors (Lipinski definition) is 3. The highest BCUT2D eigenvalue weighted by atomic mass is 32.9. The molecule has 0 saturated heterocycles. The van der Waals surface area contributed by atoms with Crippen LogP contribution in [-0.4, -0.2) is 25.1 Å². The quantitative estimate of drug-likeness (QED) is 0.630. The van der Waals surface area contributed by atoms with Crippen molar-refractivity contribution in [1.82, 2.24) is 0 Å². The summed E-state index contributed by atoms with van der Waals surface area (Å²) in [6, 6.07) is 9.93. The monoisotopic (exact) mass is 263 g/mol. The molecule has 0 heterocycles. The van der Waals surface area contributed by atoms with Gasteiger partial charge in [-0.05, 0) is 23.9 Å². The Morgan fingerprint density at radius 2 is 2.07 bits per heavy atom. The Morgan fingerprint density at radius 1 is 1.47 bits per heavy atom. The molecule has 1 N–H and O–H groups in total. The van der Waals surface area contributed by atoms with Gasteiger partial charge in [0.25, 0.3) is 0 Å². The number of rotatable bonds is 5. The third-order valence-electron chi connectivity index (χ3n) is 1.88. The summed E-state index contributed by atoms with van der Waals surface area (Å²) in [6.45, 7) is 1.05. The van der Waals surface area contributed by atoms with Crippen LogP contribution in [0.1, 0.15) is 0 Å². The average molecular weight is 263 g/mol. The minimum Gasteiger partial charge on any atom is -0.372 e. The van der Waals surface area contributed by atoms with E-state index >= 15 is 0 Å². The number of hydrogen-bond donors (Lipinski definition) is 2. The van der Waals surface area contributed by atoms with E-state index < -0.39 is 5.69 Å². The van der Waals surface area contributed by atoms with Crippen LogP contribution >= 0.6 is 17.9 Å². The van der Waals surface area contributed by atoms with Gasteiger partial charge in [-0.15, -0.1) is 0 Å². The smallest absolute Gasteiger partial charge is 0.241 e. The molecule has 0 amide bonds. The molecule has 84 valence electrons. The first-order chi connectivity index (χ1) is 6.99. The maximum atomic E-state index is 9.15. The third kappa shape index (κ3) is 5.54. The second kappa shape index (κ2) is 5.87. The van der Waals surface area contributed by atoms with E-state index in [1.807, 2.05) is 42.3 Å². The minimum absolute atomic E-state index is 0.378. The Labute approximate surface area is 100 Å². The molecule has 0 aliphatic heterocycles. The van der Waals surface area contributed by atoms with Crippen molar-refractivity contribution in [1.29, 1.82) is 0 Å². The number of likely N-dealkylation sites (N-methyl/N-ethyl adjacent to an activating group) is 1. The van der Waals surface area contributed by atoms with Crippen LogP contribution in [0.3, 0.4) is 0 Å². The molecule has 1 aromatic rings. The first-order valence-electron chi connectivity index (χ1n) is 4.45. The van der Waals surface area contributed by atoms with Crippen LogP contribution in [0.2, 0.25) is 0 Å². The molecule has 0 aromatic heterocycles. The number of anilines is 1. The van der Waals surface area contributed by atoms with Gasteiger partial charge < -0.3 is 14.3 Å². The van der Waals surface area contributed by atoms with Crippen molar-refractivity contribution < 1.29 is 9.42 Å². The fraction of sp³-hybridized carbons (Fsp3) is 0.333. The molecule has 0 spiro atoms. The van der Waals surface area contributed by atoms with E-state index in [0.717, 1.165) is 5.69 Å². The van der Waals surface area contributed by atoms with E-state index in [1.165, 1.54) is 0 Å². The van der Waals surface area contributed by atoms with Crippen LogP contribution in [0.25, 0.3) is 0 Å². The number of para-hydroxylation sites is 1. The third-order valence-corrected chi connectivity index (χ3v) is 3.06. The van der Waals surface area contributed by atoms with Crippen molar-refractivity contribution in [2.24, 2.45) is 0 Å². The van der Waals surface area contributed by atoms with E-state index in [2.05, 4.69) is 24.1 Å². The van der Waals surface area contributed by atoms with Crippen LogP contribution in [0, 0.1) is 0 Å². The van der Waals surface area contributed by atoms with Gasteiger partial charge in [0.05, 0.1) is 6.61 Å². The molecule has 0 fully saturated rings. The summed E-state index contributed by atoms with van der Waals surface area (Å²) >= 11 is 8.43. The Balaban J connectivity index is 2.37. The Hall–Kier alpha value is -0.0600. The molecule has 1 atom stereocenters. The molecule has 0 radical (unpaired) electrons. The normalized spacial score (nSPS) is 14.6. The van der Waals surface area contributed by atoms with Crippen LogP contribution in [0.4, 0.5) is 5.69 Å². The zero-order valence-electron chi connectivity index (χ0n) is 8.41. The van der Waals surface area contributed by atoms with E-state index in [4.69, 9.17) is 9.42 Å². The molecular weight excluding hydrogens is 249 g/mol. The van der Waals surface area contributed by atoms with Crippen molar-refractivity contribution in [2.75, 3.05) is 25.1 Å². The predicted octanol–water partition coefficient (Wildman–Crippen LogP) is 2.29. The first kappa shape index (κ1) is 13.0. The van der Waals surface area contributed by atoms with Crippen molar-refractivity contribution >= 4 is 35.4 Å². The van der Waals surface area contributed by atoms with Crippen molar-refractivity contribution in [3.8, 4) is 0 Å². The van der Waals surface area contributed by atoms with E-state index in [9.17, 15) is 0 Å². The molecule has 3 nitrogen and oxygen atoms in total. The van der Waals surface area contributed by atoms with Gasteiger partial charge in [0.1, 0.15) is 0 Å². The molecule has 1 unspecified atom stereocenters. The van der Waals surface area contributed by atoms with Gasteiger partial charge in [-0.2, -0.15) is 0 Å². The van der Waals surface area contributed by atoms with Crippen molar-refractivity contribution in [2.45, 2.75) is 0 Å². The summed E-state index contributed by atoms with van der Waals surface area (Å²) in [5, 5.41) is 0. The number of thiol groups is 1. The van der Waals surface area contributed by atoms with Crippen molar-refractivity contribution in [3.63, 3.8) is 0 Å². The molecule has 0 aliphatic carbocycles. The van der Waals surface area contributed by atoms with Crippen LogP contribution in [0.15, 0.2) is 30.3 Å². The van der Waals surface area contributed by atoms with Gasteiger partial charge in [0.15, 0.2) is 0 Å². The summed E-state index contributed by atoms with van der Waals surface area (Å²) in [6.07, 6.45) is 0. The molecule has 0 saturated carbocycles. The SMILES string of the molecule is CN(CCOP(O)(=S)S)c1ccccc1. The fourth-order valence-corrected chi connectivity index (χ4v) is 1.90. The first-order valence-corrected chi connectivity index (χ1v) is 8.28. The lowest BCUT2D eigenvalue weighted by molar-refractivity contribution is 0.328. The second-order valence-corrected chi connectivity index (χ2v) is 8.24. The Bertz CT molecular complexity index is 341. The van der Waals surface area contributed by atoms with Crippen molar-refractivity contribution in [3.05, 3.63) is 30.3 Å². The second-order valence-electron chi connectivity index (χ2n) is 3.08. The van der Waals surface area contributed by atoms with Crippen LogP contribution in [-0.2, 0) is 16.3 Å². The molecule has 1 rings (SSSR count). The molecule has 15 heavy (non-hydrogen) atoms. The maximum absolute atomic E-state index is 9.15. The van der Waals surface area contributed by atoms with Gasteiger partial charge >= 0.3 is 0 Å². The number of benzene rings is 1. The van der Waals surface area contributed by atoms with E-state index in [0.29, 0.717) is 13.2 Å². The highest BCUT2D eigenvalue weighted by Gasteiger charge is 2.06. The van der Waals surface area contributed by atoms with Gasteiger partial charge in [-0.1, -0.05) is 30.4 Å². The molecule has 1 aromatic carbocycles. The Morgan fingerprint density at radius 3 is 2.60 bits per heavy atom. The summed E-state index contributed by atoms with van der Waals surface area (Å²) in [4.78, 5) is 11.2. The van der Waals surface area contributed by atoms with E-state index in [1.54, 1.807) is 0 Å². The van der Waals surface area contributed by atoms with Gasteiger partial charge in [-0.3, -0.25) is 0 Å². The standard InChI is InChI=1S/C9H14NO2PS2/c1-10(7-8-12-13(11,14)15)9-5-3-2-4-6-9/h2-6H,7-8H2,1H3,(H2,11,14,15). The molecule has 6 heteroatoms. The van der Waals surface area contributed by atoms with Gasteiger partial charge in [0, 0.05) is 19.3 Å². The molecule has 0 aliphatic rings. The van der Waals surface area contributed by atoms with Gasteiger partial charge in [0.2, 0.25) is 5.69 Å². The topological polar surface area (TPSA) is 32.7 Å². The highest BCUT2D eigenvalue weighted by Crippen LogP contribution is 2.46. The summed E-state index contributed by atoms with van der Waals surface area (Å²) in [5.41, 5.74) is -1.71. The fourth-order valence-electron chi connectivity index (χ4n) is 1.11.